The highest BCUT2D eigenvalue weighted by molar-refractivity contribution is 5.49. The van der Waals surface area contributed by atoms with Gasteiger partial charge in [0, 0.05) is 13.1 Å². The van der Waals surface area contributed by atoms with Gasteiger partial charge in [-0.25, -0.2) is 4.98 Å². The normalized spacial score (nSPS) is 27.1. The molecule has 1 aliphatic carbocycles. The molecule has 0 N–H and O–H groups in total. The highest BCUT2D eigenvalue weighted by Crippen LogP contribution is 2.37. The van der Waals surface area contributed by atoms with E-state index in [9.17, 15) is 0 Å². The minimum atomic E-state index is 0.228. The third-order valence-corrected chi connectivity index (χ3v) is 3.92. The summed E-state index contributed by atoms with van der Waals surface area (Å²) in [6.45, 7) is 5.92. The van der Waals surface area contributed by atoms with Crippen LogP contribution in [0.15, 0.2) is 12.1 Å². The summed E-state index contributed by atoms with van der Waals surface area (Å²) < 4.78 is 6.02. The zero-order valence-electron chi connectivity index (χ0n) is 11.5. The van der Waals surface area contributed by atoms with Gasteiger partial charge in [0.25, 0.3) is 0 Å². The first-order chi connectivity index (χ1) is 9.17. The van der Waals surface area contributed by atoms with Gasteiger partial charge in [0.05, 0.1) is 12.2 Å². The summed E-state index contributed by atoms with van der Waals surface area (Å²) in [4.78, 5) is 6.76. The molecular formula is C15H19N3O. The van der Waals surface area contributed by atoms with Crippen LogP contribution in [0.1, 0.15) is 31.0 Å². The number of aryl methyl sites for hydroxylation is 1. The van der Waals surface area contributed by atoms with Gasteiger partial charge < -0.3 is 9.64 Å². The van der Waals surface area contributed by atoms with Gasteiger partial charge in [0.2, 0.25) is 0 Å². The second kappa shape index (κ2) is 4.82. The summed E-state index contributed by atoms with van der Waals surface area (Å²) in [7, 11) is 0. The minimum Gasteiger partial charge on any atom is -0.371 e. The van der Waals surface area contributed by atoms with Crippen LogP contribution in [-0.2, 0) is 4.74 Å². The zero-order valence-corrected chi connectivity index (χ0v) is 11.5. The number of ether oxygens (including phenoxy) is 1. The lowest BCUT2D eigenvalue weighted by molar-refractivity contribution is -0.0274. The van der Waals surface area contributed by atoms with E-state index in [1.165, 1.54) is 12.8 Å². The molecule has 4 nitrogen and oxygen atoms in total. The maximum absolute atomic E-state index is 9.00. The van der Waals surface area contributed by atoms with Gasteiger partial charge in [0.1, 0.15) is 17.6 Å². The Labute approximate surface area is 114 Å². The summed E-state index contributed by atoms with van der Waals surface area (Å²) in [6, 6.07) is 5.88. The molecule has 2 aliphatic rings. The largest absolute Gasteiger partial charge is 0.371 e. The summed E-state index contributed by atoms with van der Waals surface area (Å²) in [6.07, 6.45) is 3.13. The van der Waals surface area contributed by atoms with Crippen LogP contribution in [0.4, 0.5) is 5.82 Å². The molecule has 1 saturated heterocycles. The predicted octanol–water partition coefficient (Wildman–Crippen LogP) is 2.27. The van der Waals surface area contributed by atoms with Crippen molar-refractivity contribution in [3.05, 3.63) is 23.4 Å². The minimum absolute atomic E-state index is 0.228. The van der Waals surface area contributed by atoms with Crippen molar-refractivity contribution in [1.29, 1.82) is 5.26 Å². The molecule has 0 spiro atoms. The fourth-order valence-corrected chi connectivity index (χ4v) is 2.79. The number of nitriles is 1. The van der Waals surface area contributed by atoms with E-state index in [2.05, 4.69) is 29.8 Å². The molecule has 19 heavy (non-hydrogen) atoms. The Morgan fingerprint density at radius 2 is 2.16 bits per heavy atom. The smallest absolute Gasteiger partial charge is 0.142 e. The zero-order chi connectivity index (χ0) is 13.4. The summed E-state index contributed by atoms with van der Waals surface area (Å²) in [5.74, 6) is 1.67. The van der Waals surface area contributed by atoms with Crippen molar-refractivity contribution in [2.75, 3.05) is 18.0 Å². The molecule has 2 heterocycles. The average molecular weight is 257 g/mol. The van der Waals surface area contributed by atoms with Gasteiger partial charge in [-0.3, -0.25) is 0 Å². The van der Waals surface area contributed by atoms with E-state index in [0.29, 0.717) is 11.8 Å². The van der Waals surface area contributed by atoms with Crippen molar-refractivity contribution in [2.45, 2.75) is 38.9 Å². The topological polar surface area (TPSA) is 49.2 Å². The van der Waals surface area contributed by atoms with E-state index >= 15 is 0 Å². The number of morpholine rings is 1. The van der Waals surface area contributed by atoms with Crippen molar-refractivity contribution in [3.63, 3.8) is 0 Å². The lowest BCUT2D eigenvalue weighted by Crippen LogP contribution is -2.48. The Hall–Kier alpha value is -1.60. The maximum Gasteiger partial charge on any atom is 0.142 e. The van der Waals surface area contributed by atoms with Crippen LogP contribution in [0.25, 0.3) is 0 Å². The van der Waals surface area contributed by atoms with Crippen LogP contribution in [0.3, 0.4) is 0 Å². The summed E-state index contributed by atoms with van der Waals surface area (Å²) >= 11 is 0. The lowest BCUT2D eigenvalue weighted by atomic mass is 10.1. The molecule has 0 unspecified atom stereocenters. The molecule has 0 radical (unpaired) electrons. The van der Waals surface area contributed by atoms with Crippen molar-refractivity contribution >= 4 is 5.82 Å². The molecule has 1 aromatic heterocycles. The van der Waals surface area contributed by atoms with E-state index < -0.39 is 0 Å². The lowest BCUT2D eigenvalue weighted by Gasteiger charge is -2.38. The number of aromatic nitrogens is 1. The first-order valence-corrected chi connectivity index (χ1v) is 6.95. The molecule has 0 amide bonds. The molecule has 0 aromatic carbocycles. The number of hydrogen-bond acceptors (Lipinski definition) is 4. The molecular weight excluding hydrogens is 238 g/mol. The molecule has 2 fully saturated rings. The quantitative estimate of drug-likeness (QED) is 0.815. The van der Waals surface area contributed by atoms with Crippen molar-refractivity contribution in [3.8, 4) is 6.07 Å². The first kappa shape index (κ1) is 12.4. The fourth-order valence-electron chi connectivity index (χ4n) is 2.79. The van der Waals surface area contributed by atoms with E-state index in [1.54, 1.807) is 6.07 Å². The number of hydrogen-bond donors (Lipinski definition) is 0. The number of anilines is 1. The molecule has 2 atom stereocenters. The van der Waals surface area contributed by atoms with Gasteiger partial charge >= 0.3 is 0 Å². The average Bonchev–Trinajstić information content (AvgIpc) is 3.23. The van der Waals surface area contributed by atoms with Gasteiger partial charge in [-0.15, -0.1) is 0 Å². The van der Waals surface area contributed by atoms with Crippen LogP contribution < -0.4 is 4.90 Å². The van der Waals surface area contributed by atoms with Crippen molar-refractivity contribution in [2.24, 2.45) is 5.92 Å². The van der Waals surface area contributed by atoms with Crippen LogP contribution >= 0.6 is 0 Å². The second-order valence-electron chi connectivity index (χ2n) is 5.68. The molecule has 1 saturated carbocycles. The molecule has 4 heteroatoms. The van der Waals surface area contributed by atoms with Crippen LogP contribution in [0.5, 0.6) is 0 Å². The predicted molar refractivity (Wildman–Crippen MR) is 73.0 cm³/mol. The Morgan fingerprint density at radius 1 is 1.37 bits per heavy atom. The summed E-state index contributed by atoms with van der Waals surface area (Å²) in [5.41, 5.74) is 1.62. The van der Waals surface area contributed by atoms with E-state index in [4.69, 9.17) is 10.00 Å². The molecule has 100 valence electrons. The van der Waals surface area contributed by atoms with Gasteiger partial charge in [-0.05, 0) is 44.2 Å². The standard InChI is InChI=1S/C15H19N3O/c1-10-3-6-13(7-16)17-15(10)18-8-11(2)19-14(9-18)12-4-5-12/h3,6,11-12,14H,4-5,8-9H2,1-2H3/t11-,14+/m0/s1. The molecule has 0 bridgehead atoms. The Kier molecular flexibility index (Phi) is 3.16. The summed E-state index contributed by atoms with van der Waals surface area (Å²) in [5, 5.41) is 9.00. The Bertz CT molecular complexity index is 519. The molecule has 1 aliphatic heterocycles. The van der Waals surface area contributed by atoms with Gasteiger partial charge in [-0.2, -0.15) is 5.26 Å². The second-order valence-corrected chi connectivity index (χ2v) is 5.68. The van der Waals surface area contributed by atoms with E-state index in [0.717, 1.165) is 30.4 Å². The monoisotopic (exact) mass is 257 g/mol. The van der Waals surface area contributed by atoms with Gasteiger partial charge in [-0.1, -0.05) is 6.07 Å². The third-order valence-electron chi connectivity index (χ3n) is 3.92. The number of pyridine rings is 1. The van der Waals surface area contributed by atoms with E-state index in [-0.39, 0.29) is 6.10 Å². The van der Waals surface area contributed by atoms with Crippen molar-refractivity contribution < 1.29 is 4.74 Å². The van der Waals surface area contributed by atoms with Crippen molar-refractivity contribution in [1.82, 2.24) is 4.98 Å². The fraction of sp³-hybridized carbons (Fsp3) is 0.600. The van der Waals surface area contributed by atoms with E-state index in [1.807, 2.05) is 6.07 Å². The van der Waals surface area contributed by atoms with Gasteiger partial charge in [0.15, 0.2) is 0 Å². The Balaban J connectivity index is 1.85. The van der Waals surface area contributed by atoms with Crippen LogP contribution in [0, 0.1) is 24.2 Å². The van der Waals surface area contributed by atoms with Crippen LogP contribution in [-0.4, -0.2) is 30.3 Å². The number of rotatable bonds is 2. The number of nitrogens with zero attached hydrogens (tertiary/aromatic N) is 3. The highest BCUT2D eigenvalue weighted by atomic mass is 16.5. The van der Waals surface area contributed by atoms with Crippen LogP contribution in [0.2, 0.25) is 0 Å². The third kappa shape index (κ3) is 2.57. The molecule has 1 aromatic rings. The highest BCUT2D eigenvalue weighted by Gasteiger charge is 2.37. The SMILES string of the molecule is Cc1ccc(C#N)nc1N1C[C@H](C)O[C@@H](C2CC2)C1. The molecule has 3 rings (SSSR count). The Morgan fingerprint density at radius 3 is 2.84 bits per heavy atom. The first-order valence-electron chi connectivity index (χ1n) is 6.95. The maximum atomic E-state index is 9.00.